The van der Waals surface area contributed by atoms with E-state index in [2.05, 4.69) is 51.6 Å². The number of aromatic nitrogens is 3. The number of hydrogen-bond donors (Lipinski definition) is 4. The number of amides is 2. The summed E-state index contributed by atoms with van der Waals surface area (Å²) in [5, 5.41) is 17.3. The fourth-order valence-electron chi connectivity index (χ4n) is 3.61. The van der Waals surface area contributed by atoms with Crippen LogP contribution in [-0.2, 0) is 4.79 Å². The quantitative estimate of drug-likeness (QED) is 0.479. The molecule has 0 unspecified atom stereocenters. The van der Waals surface area contributed by atoms with Crippen LogP contribution >= 0.6 is 0 Å². The zero-order valence-corrected chi connectivity index (χ0v) is 17.9. The Kier molecular flexibility index (Phi) is 7.17. The van der Waals surface area contributed by atoms with E-state index in [1.807, 2.05) is 24.3 Å². The number of anilines is 3. The van der Waals surface area contributed by atoms with Crippen LogP contribution in [0.2, 0.25) is 0 Å². The smallest absolute Gasteiger partial charge is 0.273 e. The van der Waals surface area contributed by atoms with E-state index >= 15 is 0 Å². The average Bonchev–Trinajstić information content (AvgIpc) is 2.75. The van der Waals surface area contributed by atoms with Crippen molar-refractivity contribution in [2.45, 2.75) is 57.5 Å². The van der Waals surface area contributed by atoms with E-state index in [0.29, 0.717) is 5.92 Å². The lowest BCUT2D eigenvalue weighted by Gasteiger charge is -2.32. The van der Waals surface area contributed by atoms with Crippen LogP contribution in [-0.4, -0.2) is 39.1 Å². The van der Waals surface area contributed by atoms with E-state index in [1.54, 1.807) is 0 Å². The van der Waals surface area contributed by atoms with Crippen molar-refractivity contribution in [1.29, 1.82) is 0 Å². The van der Waals surface area contributed by atoms with E-state index in [1.165, 1.54) is 11.6 Å². The first-order valence-corrected chi connectivity index (χ1v) is 10.5. The highest BCUT2D eigenvalue weighted by Crippen LogP contribution is 2.24. The van der Waals surface area contributed by atoms with Crippen molar-refractivity contribution in [3.05, 3.63) is 48.2 Å². The Hall–Kier alpha value is -3.49. The fraction of sp³-hybridized carbons (Fsp3) is 0.409. The molecule has 9 nitrogen and oxygen atoms in total. The summed E-state index contributed by atoms with van der Waals surface area (Å²) in [6, 6.07) is 7.73. The van der Waals surface area contributed by atoms with Gasteiger partial charge < -0.3 is 21.7 Å². The van der Waals surface area contributed by atoms with Crippen molar-refractivity contribution >= 4 is 29.3 Å². The van der Waals surface area contributed by atoms with E-state index in [4.69, 9.17) is 5.73 Å². The monoisotopic (exact) mass is 423 g/mol. The molecule has 0 spiro atoms. The summed E-state index contributed by atoms with van der Waals surface area (Å²) in [4.78, 5) is 28.0. The lowest BCUT2D eigenvalue weighted by atomic mass is 9.90. The first-order valence-electron chi connectivity index (χ1n) is 10.5. The first-order chi connectivity index (χ1) is 14.9. The molecule has 164 valence electrons. The van der Waals surface area contributed by atoms with Crippen LogP contribution in [0.25, 0.3) is 0 Å². The van der Waals surface area contributed by atoms with Gasteiger partial charge in [-0.1, -0.05) is 45.4 Å². The van der Waals surface area contributed by atoms with Crippen LogP contribution in [0.5, 0.6) is 0 Å². The highest BCUT2D eigenvalue weighted by Gasteiger charge is 2.27. The summed E-state index contributed by atoms with van der Waals surface area (Å²) >= 11 is 0. The van der Waals surface area contributed by atoms with Crippen LogP contribution in [0.3, 0.4) is 0 Å². The summed E-state index contributed by atoms with van der Waals surface area (Å²) in [5.41, 5.74) is 7.38. The third-order valence-corrected chi connectivity index (χ3v) is 5.35. The number of nitrogens with two attached hydrogens (primary N) is 1. The predicted octanol–water partition coefficient (Wildman–Crippen LogP) is 2.86. The molecule has 3 rings (SSSR count). The molecule has 0 bridgehead atoms. The number of primary amides is 1. The number of carbonyl (C=O) groups excluding carboxylic acids is 2. The SMILES string of the molecule is C=CC(=O)N[C@@H]1CCCC[C@H]1Nc1nnc(C(N)=O)c(Nc2ccc(C(C)C)cc2)n1. The third kappa shape index (κ3) is 5.78. The molecule has 2 amide bonds. The van der Waals surface area contributed by atoms with Gasteiger partial charge in [-0.2, -0.15) is 4.98 Å². The second kappa shape index (κ2) is 10.0. The van der Waals surface area contributed by atoms with Gasteiger partial charge in [-0.05, 0) is 42.5 Å². The number of rotatable bonds is 8. The molecule has 0 aliphatic heterocycles. The van der Waals surface area contributed by atoms with E-state index < -0.39 is 5.91 Å². The minimum absolute atomic E-state index is 0.0429. The minimum Gasteiger partial charge on any atom is -0.364 e. The van der Waals surface area contributed by atoms with Gasteiger partial charge in [0.2, 0.25) is 11.9 Å². The molecule has 1 aliphatic carbocycles. The molecule has 1 heterocycles. The van der Waals surface area contributed by atoms with Crippen molar-refractivity contribution in [1.82, 2.24) is 20.5 Å². The topological polar surface area (TPSA) is 135 Å². The molecular weight excluding hydrogens is 394 g/mol. The molecule has 1 aromatic carbocycles. The second-order valence-electron chi connectivity index (χ2n) is 7.95. The molecule has 31 heavy (non-hydrogen) atoms. The molecule has 1 aliphatic rings. The summed E-state index contributed by atoms with van der Waals surface area (Å²) in [5.74, 6) is -0.0340. The zero-order valence-electron chi connectivity index (χ0n) is 17.9. The van der Waals surface area contributed by atoms with Crippen LogP contribution in [0.4, 0.5) is 17.5 Å². The first kappa shape index (κ1) is 22.2. The maximum absolute atomic E-state index is 11.8. The summed E-state index contributed by atoms with van der Waals surface area (Å²) in [6.45, 7) is 7.75. The molecule has 2 aromatic rings. The molecule has 0 saturated heterocycles. The minimum atomic E-state index is -0.721. The molecule has 1 aromatic heterocycles. The molecule has 2 atom stereocenters. The van der Waals surface area contributed by atoms with E-state index in [0.717, 1.165) is 31.4 Å². The molecule has 5 N–H and O–H groups in total. The molecular formula is C22H29N7O2. The van der Waals surface area contributed by atoms with Gasteiger partial charge >= 0.3 is 0 Å². The molecule has 1 fully saturated rings. The highest BCUT2D eigenvalue weighted by atomic mass is 16.2. The maximum Gasteiger partial charge on any atom is 0.273 e. The Labute approximate surface area is 181 Å². The Balaban J connectivity index is 1.81. The third-order valence-electron chi connectivity index (χ3n) is 5.35. The van der Waals surface area contributed by atoms with E-state index in [-0.39, 0.29) is 35.5 Å². The summed E-state index contributed by atoms with van der Waals surface area (Å²) in [7, 11) is 0. The molecule has 9 heteroatoms. The van der Waals surface area contributed by atoms with Crippen LogP contribution in [0, 0.1) is 0 Å². The van der Waals surface area contributed by atoms with Crippen molar-refractivity contribution in [3.63, 3.8) is 0 Å². The van der Waals surface area contributed by atoms with Gasteiger partial charge in [-0.15, -0.1) is 10.2 Å². The Morgan fingerprint density at radius 2 is 1.81 bits per heavy atom. The van der Waals surface area contributed by atoms with Gasteiger partial charge in [-0.3, -0.25) is 9.59 Å². The molecule has 1 saturated carbocycles. The van der Waals surface area contributed by atoms with Gasteiger partial charge in [0, 0.05) is 17.8 Å². The Morgan fingerprint density at radius 1 is 1.13 bits per heavy atom. The predicted molar refractivity (Wildman–Crippen MR) is 120 cm³/mol. The lowest BCUT2D eigenvalue weighted by Crippen LogP contribution is -2.48. The number of nitrogens with one attached hydrogen (secondary N) is 3. The Morgan fingerprint density at radius 3 is 2.42 bits per heavy atom. The number of hydrogen-bond acceptors (Lipinski definition) is 7. The maximum atomic E-state index is 11.8. The number of carbonyl (C=O) groups is 2. The van der Waals surface area contributed by atoms with Crippen molar-refractivity contribution in [2.24, 2.45) is 5.73 Å². The molecule has 0 radical (unpaired) electrons. The van der Waals surface area contributed by atoms with Gasteiger partial charge in [0.15, 0.2) is 11.5 Å². The van der Waals surface area contributed by atoms with Crippen LogP contribution in [0.1, 0.15) is 61.5 Å². The normalized spacial score (nSPS) is 18.3. The average molecular weight is 424 g/mol. The summed E-state index contributed by atoms with van der Waals surface area (Å²) in [6.07, 6.45) is 5.01. The van der Waals surface area contributed by atoms with Gasteiger partial charge in [0.1, 0.15) is 0 Å². The van der Waals surface area contributed by atoms with Gasteiger partial charge in [0.05, 0.1) is 0 Å². The fourth-order valence-corrected chi connectivity index (χ4v) is 3.61. The van der Waals surface area contributed by atoms with Gasteiger partial charge in [0.25, 0.3) is 5.91 Å². The van der Waals surface area contributed by atoms with Gasteiger partial charge in [-0.25, -0.2) is 0 Å². The van der Waals surface area contributed by atoms with Crippen molar-refractivity contribution in [3.8, 4) is 0 Å². The summed E-state index contributed by atoms with van der Waals surface area (Å²) < 4.78 is 0. The lowest BCUT2D eigenvalue weighted by molar-refractivity contribution is -0.117. The van der Waals surface area contributed by atoms with Crippen molar-refractivity contribution < 1.29 is 9.59 Å². The standard InChI is InChI=1S/C22H29N7O2/c1-4-18(30)25-16-7-5-6-8-17(16)26-22-27-21(19(20(23)31)28-29-22)24-15-11-9-14(10-12-15)13(2)3/h4,9-13,16-17H,1,5-8H2,2-3H3,(H2,23,31)(H,25,30)(H2,24,26,27,29)/t16-,17-/m1/s1. The second-order valence-corrected chi connectivity index (χ2v) is 7.95. The van der Waals surface area contributed by atoms with Crippen molar-refractivity contribution in [2.75, 3.05) is 10.6 Å². The van der Waals surface area contributed by atoms with E-state index in [9.17, 15) is 9.59 Å². The largest absolute Gasteiger partial charge is 0.364 e. The van der Waals surface area contributed by atoms with Crippen LogP contribution < -0.4 is 21.7 Å². The van der Waals surface area contributed by atoms with Crippen LogP contribution in [0.15, 0.2) is 36.9 Å². The Bertz CT molecular complexity index is 943. The number of benzene rings is 1. The highest BCUT2D eigenvalue weighted by molar-refractivity contribution is 5.96. The zero-order chi connectivity index (χ0) is 22.4. The number of nitrogens with zero attached hydrogens (tertiary/aromatic N) is 3.